The van der Waals surface area contributed by atoms with Gasteiger partial charge in [-0.05, 0) is 62.7 Å². The highest BCUT2D eigenvalue weighted by atomic mass is 15.2. The lowest BCUT2D eigenvalue weighted by atomic mass is 9.86. The minimum Gasteiger partial charge on any atom is -0.300 e. The third-order valence-corrected chi connectivity index (χ3v) is 4.62. The molecule has 1 fully saturated rings. The van der Waals surface area contributed by atoms with Crippen molar-refractivity contribution in [1.82, 2.24) is 4.90 Å². The van der Waals surface area contributed by atoms with E-state index >= 15 is 0 Å². The number of likely N-dealkylation sites (tertiary alicyclic amines) is 1. The Bertz CT molecular complexity index is 360. The number of hydrogen-bond acceptors (Lipinski definition) is 1. The Morgan fingerprint density at radius 3 is 2.28 bits per heavy atom. The first-order valence-electron chi connectivity index (χ1n) is 7.55. The van der Waals surface area contributed by atoms with Gasteiger partial charge < -0.3 is 4.90 Å². The molecule has 1 aromatic carbocycles. The van der Waals surface area contributed by atoms with Crippen LogP contribution >= 0.6 is 0 Å². The molecule has 0 saturated carbocycles. The molecule has 1 aliphatic rings. The van der Waals surface area contributed by atoms with Gasteiger partial charge in [0, 0.05) is 6.04 Å². The monoisotopic (exact) mass is 245 g/mol. The molecule has 0 N–H and O–H groups in total. The number of hydrogen-bond donors (Lipinski definition) is 0. The van der Waals surface area contributed by atoms with Crippen molar-refractivity contribution >= 4 is 0 Å². The molecule has 0 unspecified atom stereocenters. The lowest BCUT2D eigenvalue weighted by Gasteiger charge is -2.37. The van der Waals surface area contributed by atoms with E-state index in [0.717, 1.165) is 12.0 Å². The van der Waals surface area contributed by atoms with Crippen LogP contribution in [-0.4, -0.2) is 24.0 Å². The van der Waals surface area contributed by atoms with Gasteiger partial charge in [0.15, 0.2) is 0 Å². The Morgan fingerprint density at radius 1 is 1.11 bits per heavy atom. The molecule has 0 amide bonds. The van der Waals surface area contributed by atoms with Crippen molar-refractivity contribution in [3.8, 4) is 0 Å². The van der Waals surface area contributed by atoms with Gasteiger partial charge in [0.2, 0.25) is 0 Å². The summed E-state index contributed by atoms with van der Waals surface area (Å²) in [5.74, 6) is 0.789. The van der Waals surface area contributed by atoms with Crippen LogP contribution in [0.25, 0.3) is 0 Å². The fourth-order valence-electron chi connectivity index (χ4n) is 3.43. The molecule has 2 rings (SSSR count). The Labute approximate surface area is 112 Å². The summed E-state index contributed by atoms with van der Waals surface area (Å²) in [5.41, 5.74) is 3.06. The van der Waals surface area contributed by atoms with Gasteiger partial charge in [-0.2, -0.15) is 0 Å². The number of piperidine rings is 1. The van der Waals surface area contributed by atoms with Crippen molar-refractivity contribution in [2.75, 3.05) is 13.1 Å². The van der Waals surface area contributed by atoms with Crippen LogP contribution in [0.15, 0.2) is 24.3 Å². The molecule has 0 radical (unpaired) electrons. The molecule has 1 nitrogen and oxygen atoms in total. The maximum atomic E-state index is 2.70. The highest BCUT2D eigenvalue weighted by Crippen LogP contribution is 2.31. The van der Waals surface area contributed by atoms with Gasteiger partial charge in [0.05, 0.1) is 0 Å². The Balaban J connectivity index is 1.96. The molecule has 0 bridgehead atoms. The fourth-order valence-corrected chi connectivity index (χ4v) is 3.43. The van der Waals surface area contributed by atoms with Gasteiger partial charge in [-0.15, -0.1) is 0 Å². The number of nitrogens with zero attached hydrogens (tertiary/aromatic N) is 1. The summed E-state index contributed by atoms with van der Waals surface area (Å²) in [7, 11) is 0. The molecule has 18 heavy (non-hydrogen) atoms. The second kappa shape index (κ2) is 6.38. The Kier molecular flexibility index (Phi) is 4.82. The summed E-state index contributed by atoms with van der Waals surface area (Å²) < 4.78 is 0. The zero-order valence-electron chi connectivity index (χ0n) is 12.2. The SMILES string of the molecule is CCC(CC)N1CCC(c2ccccc2C)CC1. The molecule has 1 aliphatic heterocycles. The van der Waals surface area contributed by atoms with Crippen LogP contribution in [0.1, 0.15) is 56.6 Å². The van der Waals surface area contributed by atoms with E-state index in [1.54, 1.807) is 5.56 Å². The first kappa shape index (κ1) is 13.6. The Morgan fingerprint density at radius 2 is 1.72 bits per heavy atom. The van der Waals surface area contributed by atoms with Gasteiger partial charge in [-0.1, -0.05) is 38.1 Å². The average Bonchev–Trinajstić information content (AvgIpc) is 2.42. The maximum Gasteiger partial charge on any atom is 0.00900 e. The highest BCUT2D eigenvalue weighted by molar-refractivity contribution is 5.29. The molecule has 100 valence electrons. The summed E-state index contributed by atoms with van der Waals surface area (Å²) in [6.45, 7) is 9.46. The lowest BCUT2D eigenvalue weighted by Crippen LogP contribution is -2.40. The second-order valence-electron chi connectivity index (χ2n) is 5.64. The first-order valence-corrected chi connectivity index (χ1v) is 7.55. The molecule has 0 atom stereocenters. The van der Waals surface area contributed by atoms with Crippen LogP contribution in [0.3, 0.4) is 0 Å². The minimum absolute atomic E-state index is 0.789. The second-order valence-corrected chi connectivity index (χ2v) is 5.64. The zero-order chi connectivity index (χ0) is 13.0. The number of rotatable bonds is 4. The first-order chi connectivity index (χ1) is 8.76. The maximum absolute atomic E-state index is 2.70. The predicted octanol–water partition coefficient (Wildman–Crippen LogP) is 4.36. The van der Waals surface area contributed by atoms with Gasteiger partial charge in [0.25, 0.3) is 0 Å². The number of aryl methyl sites for hydroxylation is 1. The molecule has 1 saturated heterocycles. The van der Waals surface area contributed by atoms with Gasteiger partial charge in [-0.25, -0.2) is 0 Å². The van der Waals surface area contributed by atoms with E-state index in [1.165, 1.54) is 44.3 Å². The molecule has 0 aliphatic carbocycles. The fraction of sp³-hybridized carbons (Fsp3) is 0.647. The van der Waals surface area contributed by atoms with E-state index in [9.17, 15) is 0 Å². The lowest BCUT2D eigenvalue weighted by molar-refractivity contribution is 0.144. The molecular formula is C17H27N. The summed E-state index contributed by atoms with van der Waals surface area (Å²) in [4.78, 5) is 2.70. The zero-order valence-corrected chi connectivity index (χ0v) is 12.2. The van der Waals surface area contributed by atoms with Crippen LogP contribution < -0.4 is 0 Å². The smallest absolute Gasteiger partial charge is 0.00900 e. The average molecular weight is 245 g/mol. The van der Waals surface area contributed by atoms with E-state index < -0.39 is 0 Å². The third kappa shape index (κ3) is 2.95. The van der Waals surface area contributed by atoms with Crippen LogP contribution in [0, 0.1) is 6.92 Å². The van der Waals surface area contributed by atoms with Gasteiger partial charge in [-0.3, -0.25) is 0 Å². The van der Waals surface area contributed by atoms with Crippen molar-refractivity contribution in [1.29, 1.82) is 0 Å². The topological polar surface area (TPSA) is 3.24 Å². The van der Waals surface area contributed by atoms with Crippen molar-refractivity contribution in [2.24, 2.45) is 0 Å². The van der Waals surface area contributed by atoms with Crippen molar-refractivity contribution in [2.45, 2.75) is 58.4 Å². The minimum atomic E-state index is 0.789. The standard InChI is InChI=1S/C17H27N/c1-4-16(5-2)18-12-10-15(11-13-18)17-9-7-6-8-14(17)3/h6-9,15-16H,4-5,10-13H2,1-3H3. The van der Waals surface area contributed by atoms with Crippen molar-refractivity contribution < 1.29 is 0 Å². The van der Waals surface area contributed by atoms with E-state index in [4.69, 9.17) is 0 Å². The van der Waals surface area contributed by atoms with Crippen LogP contribution in [0.5, 0.6) is 0 Å². The summed E-state index contributed by atoms with van der Waals surface area (Å²) in [5, 5.41) is 0. The molecule has 0 spiro atoms. The number of benzene rings is 1. The van der Waals surface area contributed by atoms with E-state index in [1.807, 2.05) is 0 Å². The van der Waals surface area contributed by atoms with Gasteiger partial charge in [0.1, 0.15) is 0 Å². The highest BCUT2D eigenvalue weighted by Gasteiger charge is 2.24. The molecule has 1 heterocycles. The van der Waals surface area contributed by atoms with Crippen LogP contribution in [-0.2, 0) is 0 Å². The van der Waals surface area contributed by atoms with E-state index in [2.05, 4.69) is 49.9 Å². The predicted molar refractivity (Wildman–Crippen MR) is 79.1 cm³/mol. The summed E-state index contributed by atoms with van der Waals surface area (Å²) in [6, 6.07) is 9.73. The van der Waals surface area contributed by atoms with E-state index in [0.29, 0.717) is 0 Å². The van der Waals surface area contributed by atoms with Gasteiger partial charge >= 0.3 is 0 Å². The molecule has 0 aromatic heterocycles. The largest absolute Gasteiger partial charge is 0.300 e. The summed E-state index contributed by atoms with van der Waals surface area (Å²) >= 11 is 0. The molecule has 1 heteroatoms. The molecular weight excluding hydrogens is 218 g/mol. The normalized spacial score (nSPS) is 18.4. The molecule has 1 aromatic rings. The van der Waals surface area contributed by atoms with Crippen molar-refractivity contribution in [3.05, 3.63) is 35.4 Å². The van der Waals surface area contributed by atoms with Crippen LogP contribution in [0.2, 0.25) is 0 Å². The Hall–Kier alpha value is -0.820. The van der Waals surface area contributed by atoms with Crippen LogP contribution in [0.4, 0.5) is 0 Å². The quantitative estimate of drug-likeness (QED) is 0.761. The van der Waals surface area contributed by atoms with Crippen molar-refractivity contribution in [3.63, 3.8) is 0 Å². The van der Waals surface area contributed by atoms with E-state index in [-0.39, 0.29) is 0 Å². The third-order valence-electron chi connectivity index (χ3n) is 4.62. The summed E-state index contributed by atoms with van der Waals surface area (Å²) in [6.07, 6.45) is 5.26.